The highest BCUT2D eigenvalue weighted by molar-refractivity contribution is 7.95. The quantitative estimate of drug-likeness (QED) is 0.362. The summed E-state index contributed by atoms with van der Waals surface area (Å²) in [5.41, 5.74) is 0. The van der Waals surface area contributed by atoms with Crippen molar-refractivity contribution in [3.05, 3.63) is 0 Å². The van der Waals surface area contributed by atoms with Crippen LogP contribution in [-0.2, 0) is 9.37 Å². The van der Waals surface area contributed by atoms with E-state index in [2.05, 4.69) is 9.37 Å². The fourth-order valence-electron chi connectivity index (χ4n) is 0.317. The lowest BCUT2D eigenvalue weighted by Gasteiger charge is -2.26. The number of hydrogen-bond acceptors (Lipinski definition) is 4. The van der Waals surface area contributed by atoms with Gasteiger partial charge in [0.25, 0.3) is 0 Å². The molecule has 11 heteroatoms. The predicted molar refractivity (Wildman–Crippen MR) is 28.3 cm³/mol. The van der Waals surface area contributed by atoms with Crippen molar-refractivity contribution >= 4 is 12.0 Å². The predicted octanol–water partition coefficient (Wildman–Crippen LogP) is 2.85. The summed E-state index contributed by atoms with van der Waals surface area (Å²) in [6.45, 7) is 0. The second-order valence-corrected chi connectivity index (χ2v) is 2.68. The van der Waals surface area contributed by atoms with E-state index in [1.54, 1.807) is 0 Å². The lowest BCUT2D eigenvalue weighted by molar-refractivity contribution is -0.435. The Hall–Kier alpha value is -0.260. The molecule has 0 saturated heterocycles. The van der Waals surface area contributed by atoms with Gasteiger partial charge in [-0.3, -0.25) is 0 Å². The van der Waals surface area contributed by atoms with E-state index in [-0.39, 0.29) is 0 Å². The van der Waals surface area contributed by atoms with Gasteiger partial charge in [-0.2, -0.15) is 26.3 Å². The number of hydrogen-bond donors (Lipinski definition) is 1. The fraction of sp³-hybridized carbons (Fsp3) is 1.00. The molecule has 3 nitrogen and oxygen atoms in total. The lowest BCUT2D eigenvalue weighted by Crippen LogP contribution is -2.50. The summed E-state index contributed by atoms with van der Waals surface area (Å²) in [6.07, 6.45) is -12.5. The minimum absolute atomic E-state index is 1.75. The second-order valence-electron chi connectivity index (χ2n) is 1.82. The maximum absolute atomic E-state index is 12.4. The zero-order valence-corrected chi connectivity index (χ0v) is 6.63. The highest BCUT2D eigenvalue weighted by atomic mass is 32.2. The molecule has 0 radical (unpaired) electrons. The van der Waals surface area contributed by atoms with E-state index in [1.807, 2.05) is 0 Å². The van der Waals surface area contributed by atoms with Crippen molar-refractivity contribution in [2.24, 2.45) is 0 Å². The number of rotatable bonds is 3. The van der Waals surface area contributed by atoms with Crippen LogP contribution in [0.15, 0.2) is 0 Å². The van der Waals surface area contributed by atoms with Crippen molar-refractivity contribution in [2.75, 3.05) is 0 Å². The summed E-state index contributed by atoms with van der Waals surface area (Å²) in [7, 11) is 0. The molecule has 86 valence electrons. The molecule has 0 atom stereocenters. The van der Waals surface area contributed by atoms with Crippen molar-refractivity contribution in [1.82, 2.24) is 0 Å². The first-order chi connectivity index (χ1) is 6.06. The Labute approximate surface area is 75.8 Å². The first kappa shape index (κ1) is 13.7. The van der Waals surface area contributed by atoms with Gasteiger partial charge in [0.05, 0.1) is 12.0 Å². The van der Waals surface area contributed by atoms with Gasteiger partial charge >= 0.3 is 17.4 Å². The first-order valence-electron chi connectivity index (χ1n) is 2.54. The molecule has 1 N–H and O–H groups in total. The van der Waals surface area contributed by atoms with E-state index in [9.17, 15) is 30.7 Å². The standard InChI is InChI=1S/C3HF7O3S/c4-1(2(5,6)7,3(8,9)10)14-13-12-11/h11H. The Balaban J connectivity index is 4.87. The van der Waals surface area contributed by atoms with E-state index in [0.717, 1.165) is 0 Å². The molecular formula is C3HF7O3S. The molecule has 0 spiro atoms. The molecule has 0 aromatic heterocycles. The fourth-order valence-corrected chi connectivity index (χ4v) is 0.630. The van der Waals surface area contributed by atoms with Gasteiger partial charge in [0.15, 0.2) is 0 Å². The maximum atomic E-state index is 12.4. The summed E-state index contributed by atoms with van der Waals surface area (Å²) >= 11 is -1.75. The van der Waals surface area contributed by atoms with Crippen molar-refractivity contribution in [1.29, 1.82) is 0 Å². The largest absolute Gasteiger partial charge is 0.444 e. The van der Waals surface area contributed by atoms with Crippen LogP contribution in [0.5, 0.6) is 0 Å². The molecule has 0 bridgehead atoms. The van der Waals surface area contributed by atoms with Crippen LogP contribution in [0.1, 0.15) is 0 Å². The Morgan fingerprint density at radius 1 is 0.857 bits per heavy atom. The summed E-state index contributed by atoms with van der Waals surface area (Å²) in [6, 6.07) is 0. The normalized spacial score (nSPS) is 14.6. The van der Waals surface area contributed by atoms with Crippen molar-refractivity contribution in [2.45, 2.75) is 17.4 Å². The smallest absolute Gasteiger partial charge is 0.220 e. The zero-order valence-electron chi connectivity index (χ0n) is 5.82. The molecule has 14 heavy (non-hydrogen) atoms. The van der Waals surface area contributed by atoms with E-state index >= 15 is 0 Å². The molecule has 0 aliphatic carbocycles. The minimum atomic E-state index is -6.26. The van der Waals surface area contributed by atoms with Crippen LogP contribution in [0, 0.1) is 0 Å². The Morgan fingerprint density at radius 2 is 1.21 bits per heavy atom. The third-order valence-corrected chi connectivity index (χ3v) is 1.73. The van der Waals surface area contributed by atoms with E-state index in [0.29, 0.717) is 0 Å². The summed E-state index contributed by atoms with van der Waals surface area (Å²) in [5.74, 6) is 0. The van der Waals surface area contributed by atoms with Crippen molar-refractivity contribution in [3.63, 3.8) is 0 Å². The average Bonchev–Trinajstić information content (AvgIpc) is 1.95. The molecule has 0 unspecified atom stereocenters. The minimum Gasteiger partial charge on any atom is -0.220 e. The highest BCUT2D eigenvalue weighted by Crippen LogP contribution is 2.53. The maximum Gasteiger partial charge on any atom is 0.444 e. The van der Waals surface area contributed by atoms with Crippen LogP contribution in [0.3, 0.4) is 0 Å². The molecule has 0 amide bonds. The SMILES string of the molecule is OOOSC(F)(C(F)(F)F)C(F)(F)F. The monoisotopic (exact) mass is 250 g/mol. The van der Waals surface area contributed by atoms with E-state index < -0.39 is 29.4 Å². The van der Waals surface area contributed by atoms with Crippen LogP contribution in [0.4, 0.5) is 30.7 Å². The van der Waals surface area contributed by atoms with Crippen LogP contribution >= 0.6 is 12.0 Å². The van der Waals surface area contributed by atoms with E-state index in [1.165, 1.54) is 0 Å². The van der Waals surface area contributed by atoms with Crippen molar-refractivity contribution < 1.29 is 45.4 Å². The van der Waals surface area contributed by atoms with Gasteiger partial charge in [0, 0.05) is 0 Å². The van der Waals surface area contributed by atoms with Crippen LogP contribution in [-0.4, -0.2) is 22.6 Å². The summed E-state index contributed by atoms with van der Waals surface area (Å²) in [5, 5.41) is 4.10. The van der Waals surface area contributed by atoms with Gasteiger partial charge in [-0.1, -0.05) is 5.04 Å². The van der Waals surface area contributed by atoms with Crippen molar-refractivity contribution in [3.8, 4) is 0 Å². The van der Waals surface area contributed by atoms with Crippen LogP contribution in [0.2, 0.25) is 0 Å². The molecule has 0 aromatic carbocycles. The molecule has 0 aliphatic heterocycles. The Kier molecular flexibility index (Phi) is 4.01. The molecule has 0 aliphatic rings. The third kappa shape index (κ3) is 2.62. The summed E-state index contributed by atoms with van der Waals surface area (Å²) < 4.78 is 84.7. The Bertz CT molecular complexity index is 174. The summed E-state index contributed by atoms with van der Waals surface area (Å²) in [4.78, 5) is 0. The molecule has 0 saturated carbocycles. The molecule has 0 aromatic rings. The molecular weight excluding hydrogens is 249 g/mol. The number of alkyl halides is 7. The molecule has 0 fully saturated rings. The zero-order chi connectivity index (χ0) is 11.6. The number of halogens is 7. The van der Waals surface area contributed by atoms with Gasteiger partial charge in [0.2, 0.25) is 0 Å². The Morgan fingerprint density at radius 3 is 1.43 bits per heavy atom. The lowest BCUT2D eigenvalue weighted by atomic mass is 10.3. The van der Waals surface area contributed by atoms with Crippen LogP contribution < -0.4 is 0 Å². The second kappa shape index (κ2) is 4.08. The highest BCUT2D eigenvalue weighted by Gasteiger charge is 2.75. The molecule has 0 heterocycles. The third-order valence-electron chi connectivity index (χ3n) is 0.908. The van der Waals surface area contributed by atoms with Crippen LogP contribution in [0.25, 0.3) is 0 Å². The van der Waals surface area contributed by atoms with Gasteiger partial charge in [-0.05, 0) is 0 Å². The first-order valence-corrected chi connectivity index (χ1v) is 3.28. The van der Waals surface area contributed by atoms with E-state index in [4.69, 9.17) is 5.26 Å². The van der Waals surface area contributed by atoms with Gasteiger partial charge in [-0.25, -0.2) is 9.65 Å². The van der Waals surface area contributed by atoms with Gasteiger partial charge in [0.1, 0.15) is 0 Å². The topological polar surface area (TPSA) is 38.7 Å². The van der Waals surface area contributed by atoms with Gasteiger partial charge in [-0.15, -0.1) is 4.33 Å². The molecule has 0 rings (SSSR count). The average molecular weight is 250 g/mol. The van der Waals surface area contributed by atoms with Gasteiger partial charge < -0.3 is 0 Å².